The van der Waals surface area contributed by atoms with Crippen LogP contribution in [0.4, 0.5) is 11.4 Å². The quantitative estimate of drug-likeness (QED) is 0.332. The van der Waals surface area contributed by atoms with Crippen molar-refractivity contribution in [2.24, 2.45) is 0 Å². The number of aryl methyl sites for hydroxylation is 1. The number of hydrogen-bond acceptors (Lipinski definition) is 7. The second kappa shape index (κ2) is 9.50. The fourth-order valence-electron chi connectivity index (χ4n) is 3.06. The van der Waals surface area contributed by atoms with Crippen LogP contribution in [0.2, 0.25) is 5.02 Å². The van der Waals surface area contributed by atoms with E-state index in [0.717, 1.165) is 11.5 Å². The number of nitro benzene ring substituents is 1. The molecule has 0 bridgehead atoms. The first-order chi connectivity index (χ1) is 14.8. The zero-order valence-electron chi connectivity index (χ0n) is 16.7. The molecule has 1 heterocycles. The lowest BCUT2D eigenvalue weighted by atomic mass is 10.0. The van der Waals surface area contributed by atoms with E-state index < -0.39 is 23.4 Å². The summed E-state index contributed by atoms with van der Waals surface area (Å²) in [6.07, 6.45) is 0. The van der Waals surface area contributed by atoms with E-state index in [1.165, 1.54) is 19.2 Å². The Kier molecular flexibility index (Phi) is 6.78. The van der Waals surface area contributed by atoms with Crippen LogP contribution < -0.4 is 5.32 Å². The van der Waals surface area contributed by atoms with E-state index in [2.05, 4.69) is 10.3 Å². The summed E-state index contributed by atoms with van der Waals surface area (Å²) < 4.78 is 10.3. The lowest BCUT2D eigenvalue weighted by Crippen LogP contribution is -2.22. The minimum atomic E-state index is -0.733. The molecule has 1 aromatic heterocycles. The first kappa shape index (κ1) is 22.1. The number of esters is 1. The number of carbonyl (C=O) groups is 2. The van der Waals surface area contributed by atoms with E-state index in [4.69, 9.17) is 21.1 Å². The maximum atomic E-state index is 12.8. The lowest BCUT2D eigenvalue weighted by molar-refractivity contribution is -0.384. The van der Waals surface area contributed by atoms with Crippen LogP contribution in [0.5, 0.6) is 0 Å². The van der Waals surface area contributed by atoms with Crippen molar-refractivity contribution < 1.29 is 24.0 Å². The number of fused-ring (bicyclic) bond motifs is 1. The number of nitrogens with zero attached hydrogens (tertiary/aromatic N) is 2. The molecule has 0 aliphatic rings. The molecule has 0 saturated heterocycles. The number of ether oxygens (including phenoxy) is 2. The number of nitrogens with one attached hydrogen (secondary N) is 1. The number of methoxy groups -OCH3 is 1. The lowest BCUT2D eigenvalue weighted by Gasteiger charge is -2.14. The summed E-state index contributed by atoms with van der Waals surface area (Å²) in [7, 11) is 1.48. The van der Waals surface area contributed by atoms with Crippen LogP contribution >= 0.6 is 11.6 Å². The Hall–Kier alpha value is -3.56. The Bertz CT molecular complexity index is 1180. The van der Waals surface area contributed by atoms with Gasteiger partial charge in [0.05, 0.1) is 39.0 Å². The second-order valence-corrected chi connectivity index (χ2v) is 6.96. The second-order valence-electron chi connectivity index (χ2n) is 6.55. The number of rotatable bonds is 7. The molecule has 0 spiro atoms. The van der Waals surface area contributed by atoms with Crippen LogP contribution in [-0.4, -0.2) is 35.5 Å². The minimum Gasteiger partial charge on any atom is -0.452 e. The summed E-state index contributed by atoms with van der Waals surface area (Å²) in [5.41, 5.74) is 1.79. The normalized spacial score (nSPS) is 10.7. The number of aromatic nitrogens is 1. The van der Waals surface area contributed by atoms with Gasteiger partial charge in [-0.2, -0.15) is 0 Å². The molecule has 0 unspecified atom stereocenters. The molecule has 3 aromatic rings. The third-order valence-corrected chi connectivity index (χ3v) is 4.81. The van der Waals surface area contributed by atoms with Crippen LogP contribution in [0, 0.1) is 17.0 Å². The van der Waals surface area contributed by atoms with Crippen molar-refractivity contribution in [3.63, 3.8) is 0 Å². The summed E-state index contributed by atoms with van der Waals surface area (Å²) in [6, 6.07) is 11.0. The molecule has 9 nitrogen and oxygen atoms in total. The molecule has 0 aliphatic carbocycles. The first-order valence-electron chi connectivity index (χ1n) is 9.10. The predicted molar refractivity (Wildman–Crippen MR) is 114 cm³/mol. The molecule has 0 aliphatic heterocycles. The molecule has 160 valence electrons. The number of nitro groups is 1. The highest BCUT2D eigenvalue weighted by Crippen LogP contribution is 2.27. The van der Waals surface area contributed by atoms with Gasteiger partial charge in [-0.25, -0.2) is 9.78 Å². The highest BCUT2D eigenvalue weighted by atomic mass is 35.5. The van der Waals surface area contributed by atoms with Crippen molar-refractivity contribution in [3.05, 3.63) is 74.4 Å². The predicted octanol–water partition coefficient (Wildman–Crippen LogP) is 4.05. The van der Waals surface area contributed by atoms with Gasteiger partial charge in [0.25, 0.3) is 11.6 Å². The zero-order chi connectivity index (χ0) is 22.5. The van der Waals surface area contributed by atoms with Crippen molar-refractivity contribution in [3.8, 4) is 0 Å². The van der Waals surface area contributed by atoms with Crippen LogP contribution in [0.1, 0.15) is 21.6 Å². The molecule has 1 N–H and O–H groups in total. The van der Waals surface area contributed by atoms with E-state index in [1.54, 1.807) is 6.92 Å². The van der Waals surface area contributed by atoms with Crippen molar-refractivity contribution in [2.75, 3.05) is 19.0 Å². The highest BCUT2D eigenvalue weighted by Gasteiger charge is 2.21. The van der Waals surface area contributed by atoms with E-state index in [9.17, 15) is 19.7 Å². The zero-order valence-corrected chi connectivity index (χ0v) is 17.4. The fourth-order valence-corrected chi connectivity index (χ4v) is 3.23. The molecule has 0 atom stereocenters. The molecular weight excluding hydrogens is 426 g/mol. The third-order valence-electron chi connectivity index (χ3n) is 4.48. The minimum absolute atomic E-state index is 0.0422. The standard InChI is InChI=1S/C21H18ClN3O6/c1-12-14-5-3-4-6-16(14)23-18(10-30-2)20(12)21(27)31-11-19(26)24-17-9-13(25(28)29)7-8-15(17)22/h3-9H,10-11H2,1-2H3,(H,24,26). The van der Waals surface area contributed by atoms with E-state index in [-0.39, 0.29) is 28.6 Å². The van der Waals surface area contributed by atoms with Crippen molar-refractivity contribution in [1.82, 2.24) is 4.98 Å². The van der Waals surface area contributed by atoms with Gasteiger partial charge < -0.3 is 14.8 Å². The Labute approximate surface area is 182 Å². The topological polar surface area (TPSA) is 121 Å². The SMILES string of the molecule is COCc1nc2ccccc2c(C)c1C(=O)OCC(=O)Nc1cc([N+](=O)[O-])ccc1Cl. The summed E-state index contributed by atoms with van der Waals surface area (Å²) in [5.74, 6) is -1.43. The molecule has 2 aromatic carbocycles. The van der Waals surface area contributed by atoms with E-state index in [1.807, 2.05) is 24.3 Å². The van der Waals surface area contributed by atoms with Gasteiger partial charge in [0.15, 0.2) is 6.61 Å². The number of halogens is 1. The fraction of sp³-hybridized carbons (Fsp3) is 0.190. The Balaban J connectivity index is 1.78. The number of pyridine rings is 1. The number of carbonyl (C=O) groups excluding carboxylic acids is 2. The molecule has 31 heavy (non-hydrogen) atoms. The molecule has 0 fully saturated rings. The number of non-ortho nitro benzene ring substituents is 1. The van der Waals surface area contributed by atoms with Gasteiger partial charge in [-0.3, -0.25) is 14.9 Å². The third kappa shape index (κ3) is 4.96. The average molecular weight is 444 g/mol. The Morgan fingerprint density at radius 2 is 1.97 bits per heavy atom. The number of anilines is 1. The largest absolute Gasteiger partial charge is 0.452 e. The van der Waals surface area contributed by atoms with Crippen LogP contribution in [0.3, 0.4) is 0 Å². The maximum Gasteiger partial charge on any atom is 0.340 e. The maximum absolute atomic E-state index is 12.8. The summed E-state index contributed by atoms with van der Waals surface area (Å²) in [5, 5.41) is 14.2. The van der Waals surface area contributed by atoms with Crippen molar-refractivity contribution in [2.45, 2.75) is 13.5 Å². The Morgan fingerprint density at radius 1 is 1.23 bits per heavy atom. The van der Waals surface area contributed by atoms with Gasteiger partial charge in [-0.05, 0) is 24.6 Å². The summed E-state index contributed by atoms with van der Waals surface area (Å²) in [6.45, 7) is 1.24. The van der Waals surface area contributed by atoms with Gasteiger partial charge in [0.2, 0.25) is 0 Å². The smallest absolute Gasteiger partial charge is 0.340 e. The van der Waals surface area contributed by atoms with Gasteiger partial charge >= 0.3 is 5.97 Å². The monoisotopic (exact) mass is 443 g/mol. The van der Waals surface area contributed by atoms with Gasteiger partial charge in [-0.1, -0.05) is 29.8 Å². The molecular formula is C21H18ClN3O6. The van der Waals surface area contributed by atoms with Gasteiger partial charge in [-0.15, -0.1) is 0 Å². The van der Waals surface area contributed by atoms with E-state index in [0.29, 0.717) is 16.8 Å². The average Bonchev–Trinajstić information content (AvgIpc) is 2.74. The highest BCUT2D eigenvalue weighted by molar-refractivity contribution is 6.33. The molecule has 10 heteroatoms. The number of amides is 1. The van der Waals surface area contributed by atoms with Crippen LogP contribution in [0.25, 0.3) is 10.9 Å². The summed E-state index contributed by atoms with van der Waals surface area (Å²) in [4.78, 5) is 39.7. The van der Waals surface area contributed by atoms with Gasteiger partial charge in [0.1, 0.15) is 0 Å². The molecule has 3 rings (SSSR count). The Morgan fingerprint density at radius 3 is 2.68 bits per heavy atom. The molecule has 0 saturated carbocycles. The van der Waals surface area contributed by atoms with Crippen LogP contribution in [-0.2, 0) is 20.9 Å². The van der Waals surface area contributed by atoms with E-state index >= 15 is 0 Å². The number of hydrogen-bond donors (Lipinski definition) is 1. The molecule has 0 radical (unpaired) electrons. The van der Waals surface area contributed by atoms with Crippen molar-refractivity contribution >= 4 is 45.8 Å². The summed E-state index contributed by atoms with van der Waals surface area (Å²) >= 11 is 5.97. The molecule has 1 amide bonds. The van der Waals surface area contributed by atoms with Gasteiger partial charge in [0, 0.05) is 24.6 Å². The van der Waals surface area contributed by atoms with Crippen molar-refractivity contribution in [1.29, 1.82) is 0 Å². The number of benzene rings is 2. The first-order valence-corrected chi connectivity index (χ1v) is 9.47. The van der Waals surface area contributed by atoms with Crippen LogP contribution in [0.15, 0.2) is 42.5 Å². The number of para-hydroxylation sites is 1.